The van der Waals surface area contributed by atoms with Gasteiger partial charge in [-0.15, -0.1) is 0 Å². The molecule has 0 aliphatic heterocycles. The van der Waals surface area contributed by atoms with Crippen molar-refractivity contribution in [3.05, 3.63) is 0 Å². The van der Waals surface area contributed by atoms with E-state index < -0.39 is 6.10 Å². The molecule has 0 rings (SSSR count). The average molecular weight is 863 g/mol. The predicted molar refractivity (Wildman–Crippen MR) is 261 cm³/mol. The van der Waals surface area contributed by atoms with Crippen LogP contribution in [0.15, 0.2) is 0 Å². The van der Waals surface area contributed by atoms with Gasteiger partial charge in [0, 0.05) is 19.3 Å². The van der Waals surface area contributed by atoms with Crippen molar-refractivity contribution < 1.29 is 28.6 Å². The van der Waals surface area contributed by atoms with Gasteiger partial charge in [0.05, 0.1) is 0 Å². The van der Waals surface area contributed by atoms with Crippen molar-refractivity contribution in [2.24, 2.45) is 11.8 Å². The summed E-state index contributed by atoms with van der Waals surface area (Å²) in [6.45, 7) is 11.4. The molecule has 6 nitrogen and oxygen atoms in total. The van der Waals surface area contributed by atoms with Gasteiger partial charge in [-0.1, -0.05) is 266 Å². The van der Waals surface area contributed by atoms with Gasteiger partial charge in [0.25, 0.3) is 0 Å². The van der Waals surface area contributed by atoms with Crippen LogP contribution < -0.4 is 0 Å². The maximum Gasteiger partial charge on any atom is 0.306 e. The Labute approximate surface area is 380 Å². The molecule has 0 amide bonds. The van der Waals surface area contributed by atoms with Gasteiger partial charge in [0.2, 0.25) is 0 Å². The molecule has 0 N–H and O–H groups in total. The second-order valence-corrected chi connectivity index (χ2v) is 19.8. The molecule has 0 spiro atoms. The van der Waals surface area contributed by atoms with E-state index in [4.69, 9.17) is 14.2 Å². The van der Waals surface area contributed by atoms with Crippen LogP contribution in [-0.2, 0) is 28.6 Å². The van der Waals surface area contributed by atoms with Crippen molar-refractivity contribution in [2.75, 3.05) is 13.2 Å². The van der Waals surface area contributed by atoms with Crippen LogP contribution in [0.3, 0.4) is 0 Å². The van der Waals surface area contributed by atoms with Gasteiger partial charge in [-0.05, 0) is 31.1 Å². The summed E-state index contributed by atoms with van der Waals surface area (Å²) in [6, 6.07) is 0. The number of hydrogen-bond donors (Lipinski definition) is 0. The van der Waals surface area contributed by atoms with Crippen LogP contribution in [0.5, 0.6) is 0 Å². The van der Waals surface area contributed by atoms with Crippen molar-refractivity contribution in [1.29, 1.82) is 0 Å². The van der Waals surface area contributed by atoms with Gasteiger partial charge in [-0.3, -0.25) is 14.4 Å². The molecule has 0 bridgehead atoms. The first-order chi connectivity index (χ1) is 29.7. The lowest BCUT2D eigenvalue weighted by atomic mass is 10.0. The molecule has 6 heteroatoms. The first-order valence-corrected chi connectivity index (χ1v) is 27.2. The summed E-state index contributed by atoms with van der Waals surface area (Å²) in [5, 5.41) is 0. The predicted octanol–water partition coefficient (Wildman–Crippen LogP) is 17.7. The smallest absolute Gasteiger partial charge is 0.306 e. The van der Waals surface area contributed by atoms with E-state index in [1.165, 1.54) is 193 Å². The van der Waals surface area contributed by atoms with Gasteiger partial charge in [0.1, 0.15) is 13.2 Å². The monoisotopic (exact) mass is 863 g/mol. The molecule has 0 aliphatic rings. The molecule has 0 unspecified atom stereocenters. The molecule has 0 aromatic heterocycles. The molecule has 0 aromatic rings. The van der Waals surface area contributed by atoms with Crippen LogP contribution in [0.4, 0.5) is 0 Å². The summed E-state index contributed by atoms with van der Waals surface area (Å²) in [7, 11) is 0. The second-order valence-electron chi connectivity index (χ2n) is 19.8. The molecule has 0 saturated carbocycles. The molecule has 362 valence electrons. The van der Waals surface area contributed by atoms with Crippen molar-refractivity contribution >= 4 is 17.9 Å². The van der Waals surface area contributed by atoms with Crippen molar-refractivity contribution in [2.45, 2.75) is 310 Å². The van der Waals surface area contributed by atoms with Crippen molar-refractivity contribution in [3.8, 4) is 0 Å². The fraction of sp³-hybridized carbons (Fsp3) is 0.945. The summed E-state index contributed by atoms with van der Waals surface area (Å²) in [5.41, 5.74) is 0. The zero-order chi connectivity index (χ0) is 44.7. The standard InChI is InChI=1S/C55H106O6/c1-6-7-8-9-10-11-20-25-32-37-42-47-55(58)61-52(49-60-54(57)46-41-36-31-27-26-29-34-39-44-51(4)5)48-59-53(56)45-40-35-30-24-22-19-17-15-13-12-14-16-18-21-23-28-33-38-43-50(2)3/h50-52H,6-49H2,1-5H3/t52-/m1/s1. The molecular formula is C55H106O6. The van der Waals surface area contributed by atoms with E-state index >= 15 is 0 Å². The average Bonchev–Trinajstić information content (AvgIpc) is 3.23. The molecule has 0 aliphatic carbocycles. The minimum absolute atomic E-state index is 0.0635. The highest BCUT2D eigenvalue weighted by molar-refractivity contribution is 5.71. The minimum Gasteiger partial charge on any atom is -0.462 e. The van der Waals surface area contributed by atoms with Gasteiger partial charge in [-0.2, -0.15) is 0 Å². The van der Waals surface area contributed by atoms with Gasteiger partial charge in [0.15, 0.2) is 6.10 Å². The Morgan fingerprint density at radius 1 is 0.311 bits per heavy atom. The van der Waals surface area contributed by atoms with Crippen molar-refractivity contribution in [3.63, 3.8) is 0 Å². The Bertz CT molecular complexity index is 931. The number of ether oxygens (including phenoxy) is 3. The SMILES string of the molecule is CCCCCCCCCCCCCC(=O)O[C@H](COC(=O)CCCCCCCCCCCCCCCCCCCCC(C)C)COC(=O)CCCCCCCCCCC(C)C. The van der Waals surface area contributed by atoms with Crippen LogP contribution in [-0.4, -0.2) is 37.2 Å². The number of carbonyl (C=O) groups excluding carboxylic acids is 3. The first-order valence-electron chi connectivity index (χ1n) is 27.2. The number of rotatable bonds is 49. The summed E-state index contributed by atoms with van der Waals surface area (Å²) in [4.78, 5) is 37.9. The number of esters is 3. The third-order valence-corrected chi connectivity index (χ3v) is 12.5. The molecule has 0 fully saturated rings. The molecule has 0 radical (unpaired) electrons. The van der Waals surface area contributed by atoms with Crippen LogP contribution in [0, 0.1) is 11.8 Å². The lowest BCUT2D eigenvalue weighted by molar-refractivity contribution is -0.167. The van der Waals surface area contributed by atoms with Crippen LogP contribution in [0.1, 0.15) is 304 Å². The van der Waals surface area contributed by atoms with Gasteiger partial charge in [-0.25, -0.2) is 0 Å². The zero-order valence-corrected chi connectivity index (χ0v) is 41.8. The highest BCUT2D eigenvalue weighted by Gasteiger charge is 2.19. The van der Waals surface area contributed by atoms with Gasteiger partial charge < -0.3 is 14.2 Å². The van der Waals surface area contributed by atoms with Gasteiger partial charge >= 0.3 is 17.9 Å². The number of hydrogen-bond acceptors (Lipinski definition) is 6. The molecule has 1 atom stereocenters. The van der Waals surface area contributed by atoms with E-state index in [0.29, 0.717) is 19.3 Å². The lowest BCUT2D eigenvalue weighted by Crippen LogP contribution is -2.30. The minimum atomic E-state index is -0.761. The van der Waals surface area contributed by atoms with E-state index in [1.54, 1.807) is 0 Å². The first kappa shape index (κ1) is 59.4. The second kappa shape index (κ2) is 47.9. The fourth-order valence-electron chi connectivity index (χ4n) is 8.34. The Hall–Kier alpha value is -1.59. The maximum absolute atomic E-state index is 12.8. The molecule has 0 aromatic carbocycles. The highest BCUT2D eigenvalue weighted by Crippen LogP contribution is 2.18. The summed E-state index contributed by atoms with van der Waals surface area (Å²) in [6.07, 6.45) is 49.6. The van der Waals surface area contributed by atoms with Crippen LogP contribution in [0.25, 0.3) is 0 Å². The molecular weight excluding hydrogens is 757 g/mol. The van der Waals surface area contributed by atoms with Crippen molar-refractivity contribution in [1.82, 2.24) is 0 Å². The number of carbonyl (C=O) groups is 3. The third-order valence-electron chi connectivity index (χ3n) is 12.5. The quantitative estimate of drug-likeness (QED) is 0.0344. The maximum atomic E-state index is 12.8. The highest BCUT2D eigenvalue weighted by atomic mass is 16.6. The van der Waals surface area contributed by atoms with E-state index in [1.807, 2.05) is 0 Å². The Balaban J connectivity index is 4.19. The largest absolute Gasteiger partial charge is 0.462 e. The summed E-state index contributed by atoms with van der Waals surface area (Å²) >= 11 is 0. The molecule has 0 heterocycles. The van der Waals surface area contributed by atoms with E-state index in [2.05, 4.69) is 34.6 Å². The summed E-state index contributed by atoms with van der Waals surface area (Å²) in [5.74, 6) is 0.808. The topological polar surface area (TPSA) is 78.9 Å². The third kappa shape index (κ3) is 49.3. The normalized spacial score (nSPS) is 12.0. The Morgan fingerprint density at radius 3 is 0.803 bits per heavy atom. The van der Waals surface area contributed by atoms with Crippen LogP contribution >= 0.6 is 0 Å². The number of unbranched alkanes of at least 4 members (excludes halogenated alkanes) is 34. The van der Waals surface area contributed by atoms with E-state index in [0.717, 1.165) is 69.6 Å². The Kier molecular flexibility index (Phi) is 46.6. The zero-order valence-electron chi connectivity index (χ0n) is 41.8. The van der Waals surface area contributed by atoms with E-state index in [9.17, 15) is 14.4 Å². The molecule has 0 saturated heterocycles. The van der Waals surface area contributed by atoms with E-state index in [-0.39, 0.29) is 31.1 Å². The van der Waals surface area contributed by atoms with Crippen LogP contribution in [0.2, 0.25) is 0 Å². The molecule has 61 heavy (non-hydrogen) atoms. The lowest BCUT2D eigenvalue weighted by Gasteiger charge is -2.18. The Morgan fingerprint density at radius 2 is 0.541 bits per heavy atom. The fourth-order valence-corrected chi connectivity index (χ4v) is 8.34. The summed E-state index contributed by atoms with van der Waals surface area (Å²) < 4.78 is 16.8.